The Morgan fingerprint density at radius 2 is 1.58 bits per heavy atom. The minimum atomic E-state index is -0.933. The van der Waals surface area contributed by atoms with Gasteiger partial charge in [-0.05, 0) is 36.8 Å². The van der Waals surface area contributed by atoms with Crippen molar-refractivity contribution >= 4 is 17.7 Å². The fourth-order valence-electron chi connectivity index (χ4n) is 2.62. The average Bonchev–Trinajstić information content (AvgIpc) is 2.85. The number of carbonyl (C=O) groups is 3. The summed E-state index contributed by atoms with van der Waals surface area (Å²) in [6.45, 7) is 1.69. The van der Waals surface area contributed by atoms with Crippen LogP contribution in [-0.4, -0.2) is 28.7 Å². The molecule has 122 valence electrons. The summed E-state index contributed by atoms with van der Waals surface area (Å²) in [4.78, 5) is 37.9. The molecule has 1 atom stereocenters. The van der Waals surface area contributed by atoms with Crippen molar-refractivity contribution < 1.29 is 18.8 Å². The van der Waals surface area contributed by atoms with Crippen LogP contribution >= 0.6 is 0 Å². The lowest BCUT2D eigenvalue weighted by Crippen LogP contribution is -2.47. The number of carbonyl (C=O) groups excluding carboxylic acids is 3. The molecular formula is C18H15FN2O3. The van der Waals surface area contributed by atoms with Crippen molar-refractivity contribution in [3.05, 3.63) is 71.0 Å². The molecule has 0 saturated carbocycles. The lowest BCUT2D eigenvalue weighted by atomic mass is 10.1. The van der Waals surface area contributed by atoms with Crippen LogP contribution in [-0.2, 0) is 11.3 Å². The van der Waals surface area contributed by atoms with Gasteiger partial charge in [-0.1, -0.05) is 24.3 Å². The second-order valence-electron chi connectivity index (χ2n) is 5.55. The van der Waals surface area contributed by atoms with Gasteiger partial charge < -0.3 is 5.32 Å². The second-order valence-corrected chi connectivity index (χ2v) is 5.55. The van der Waals surface area contributed by atoms with Gasteiger partial charge in [-0.2, -0.15) is 0 Å². The Kier molecular flexibility index (Phi) is 4.12. The lowest BCUT2D eigenvalue weighted by Gasteiger charge is -2.21. The predicted octanol–water partition coefficient (Wildman–Crippen LogP) is 2.13. The maximum Gasteiger partial charge on any atom is 0.262 e. The number of nitrogens with one attached hydrogen (secondary N) is 1. The van der Waals surface area contributed by atoms with Crippen LogP contribution in [0.4, 0.5) is 4.39 Å². The van der Waals surface area contributed by atoms with Gasteiger partial charge in [-0.3, -0.25) is 19.3 Å². The quantitative estimate of drug-likeness (QED) is 0.875. The molecule has 1 aliphatic rings. The summed E-state index contributed by atoms with van der Waals surface area (Å²) < 4.78 is 12.9. The molecule has 0 radical (unpaired) electrons. The van der Waals surface area contributed by atoms with Crippen LogP contribution in [0.1, 0.15) is 33.2 Å². The Bertz CT molecular complexity index is 782. The van der Waals surface area contributed by atoms with Gasteiger partial charge in [-0.15, -0.1) is 0 Å². The van der Waals surface area contributed by atoms with Crippen LogP contribution < -0.4 is 5.32 Å². The highest BCUT2D eigenvalue weighted by molar-refractivity contribution is 6.22. The first-order valence-corrected chi connectivity index (χ1v) is 7.48. The highest BCUT2D eigenvalue weighted by Gasteiger charge is 2.40. The normalized spacial score (nSPS) is 14.5. The Labute approximate surface area is 138 Å². The molecule has 0 fully saturated rings. The van der Waals surface area contributed by atoms with E-state index in [-0.39, 0.29) is 12.4 Å². The molecule has 5 nitrogen and oxygen atoms in total. The minimum absolute atomic E-state index is 0.187. The monoisotopic (exact) mass is 326 g/mol. The number of imide groups is 1. The van der Waals surface area contributed by atoms with Crippen molar-refractivity contribution in [3.8, 4) is 0 Å². The SMILES string of the molecule is C[C@@H](C(=O)NCc1ccc(F)cc1)N1C(=O)c2ccccc2C1=O. The summed E-state index contributed by atoms with van der Waals surface area (Å²) in [5.41, 5.74) is 1.33. The van der Waals surface area contributed by atoms with Crippen molar-refractivity contribution in [2.24, 2.45) is 0 Å². The van der Waals surface area contributed by atoms with Crippen LogP contribution in [0.2, 0.25) is 0 Å². The van der Waals surface area contributed by atoms with E-state index in [2.05, 4.69) is 5.32 Å². The van der Waals surface area contributed by atoms with Crippen LogP contribution in [0.3, 0.4) is 0 Å². The zero-order valence-corrected chi connectivity index (χ0v) is 13.0. The van der Waals surface area contributed by atoms with Crippen molar-refractivity contribution in [2.75, 3.05) is 0 Å². The van der Waals surface area contributed by atoms with Crippen molar-refractivity contribution in [1.29, 1.82) is 0 Å². The smallest absolute Gasteiger partial charge is 0.262 e. The molecule has 6 heteroatoms. The molecule has 0 saturated heterocycles. The highest BCUT2D eigenvalue weighted by Crippen LogP contribution is 2.24. The van der Waals surface area contributed by atoms with Crippen molar-refractivity contribution in [2.45, 2.75) is 19.5 Å². The predicted molar refractivity (Wildman–Crippen MR) is 84.7 cm³/mol. The third kappa shape index (κ3) is 2.78. The number of nitrogens with zero attached hydrogens (tertiary/aromatic N) is 1. The maximum atomic E-state index is 12.9. The molecule has 1 heterocycles. The standard InChI is InChI=1S/C18H15FN2O3/c1-11(16(22)20-10-12-6-8-13(19)9-7-12)21-17(23)14-4-2-3-5-15(14)18(21)24/h2-9,11H,10H2,1H3,(H,20,22)/t11-/m0/s1. The molecule has 0 spiro atoms. The maximum absolute atomic E-state index is 12.9. The summed E-state index contributed by atoms with van der Waals surface area (Å²) in [5.74, 6) is -1.75. The molecule has 1 N–H and O–H groups in total. The van der Waals surface area contributed by atoms with Crippen LogP contribution in [0.25, 0.3) is 0 Å². The molecular weight excluding hydrogens is 311 g/mol. The van der Waals surface area contributed by atoms with E-state index >= 15 is 0 Å². The molecule has 1 aliphatic heterocycles. The molecule has 2 aromatic rings. The van der Waals surface area contributed by atoms with Gasteiger partial charge in [-0.25, -0.2) is 4.39 Å². The minimum Gasteiger partial charge on any atom is -0.350 e. The molecule has 3 rings (SSSR count). The van der Waals surface area contributed by atoms with Gasteiger partial charge in [0, 0.05) is 6.54 Å². The van der Waals surface area contributed by atoms with Gasteiger partial charge in [0.25, 0.3) is 11.8 Å². The van der Waals surface area contributed by atoms with Gasteiger partial charge in [0.05, 0.1) is 11.1 Å². The number of amides is 3. The van der Waals surface area contributed by atoms with E-state index in [1.807, 2.05) is 0 Å². The number of benzene rings is 2. The van der Waals surface area contributed by atoms with Gasteiger partial charge in [0.15, 0.2) is 0 Å². The number of hydrogen-bond donors (Lipinski definition) is 1. The molecule has 0 unspecified atom stereocenters. The van der Waals surface area contributed by atoms with E-state index < -0.39 is 23.8 Å². The zero-order chi connectivity index (χ0) is 17.3. The molecule has 0 aromatic heterocycles. The highest BCUT2D eigenvalue weighted by atomic mass is 19.1. The van der Waals surface area contributed by atoms with E-state index in [0.717, 1.165) is 10.5 Å². The molecule has 0 aliphatic carbocycles. The van der Waals surface area contributed by atoms with Crippen LogP contribution in [0.5, 0.6) is 0 Å². The summed E-state index contributed by atoms with van der Waals surface area (Å²) >= 11 is 0. The Balaban J connectivity index is 1.69. The molecule has 2 aromatic carbocycles. The van der Waals surface area contributed by atoms with E-state index in [1.54, 1.807) is 36.4 Å². The van der Waals surface area contributed by atoms with E-state index in [1.165, 1.54) is 19.1 Å². The second kappa shape index (κ2) is 6.23. The first-order chi connectivity index (χ1) is 11.5. The summed E-state index contributed by atoms with van der Waals surface area (Å²) in [7, 11) is 0. The number of rotatable bonds is 4. The van der Waals surface area contributed by atoms with Crippen molar-refractivity contribution in [3.63, 3.8) is 0 Å². The lowest BCUT2D eigenvalue weighted by molar-refractivity contribution is -0.124. The first-order valence-electron chi connectivity index (χ1n) is 7.48. The number of fused-ring (bicyclic) bond motifs is 1. The summed E-state index contributed by atoms with van der Waals surface area (Å²) in [6, 6.07) is 11.3. The topological polar surface area (TPSA) is 66.5 Å². The molecule has 24 heavy (non-hydrogen) atoms. The molecule has 0 bridgehead atoms. The Morgan fingerprint density at radius 1 is 1.04 bits per heavy atom. The van der Waals surface area contributed by atoms with Crippen molar-refractivity contribution in [1.82, 2.24) is 10.2 Å². The number of halogens is 1. The summed E-state index contributed by atoms with van der Waals surface area (Å²) in [5, 5.41) is 2.66. The fraction of sp³-hybridized carbons (Fsp3) is 0.167. The van der Waals surface area contributed by atoms with E-state index in [4.69, 9.17) is 0 Å². The third-order valence-corrected chi connectivity index (χ3v) is 3.97. The Hall–Kier alpha value is -3.02. The third-order valence-electron chi connectivity index (χ3n) is 3.97. The van der Waals surface area contributed by atoms with Crippen LogP contribution in [0, 0.1) is 5.82 Å². The zero-order valence-electron chi connectivity index (χ0n) is 13.0. The van der Waals surface area contributed by atoms with Gasteiger partial charge >= 0.3 is 0 Å². The largest absolute Gasteiger partial charge is 0.350 e. The van der Waals surface area contributed by atoms with Gasteiger partial charge in [0.1, 0.15) is 11.9 Å². The average molecular weight is 326 g/mol. The van der Waals surface area contributed by atoms with E-state index in [0.29, 0.717) is 11.1 Å². The summed E-state index contributed by atoms with van der Waals surface area (Å²) in [6.07, 6.45) is 0. The fourth-order valence-corrected chi connectivity index (χ4v) is 2.62. The number of hydrogen-bond acceptors (Lipinski definition) is 3. The Morgan fingerprint density at radius 3 is 2.12 bits per heavy atom. The molecule has 3 amide bonds. The van der Waals surface area contributed by atoms with E-state index in [9.17, 15) is 18.8 Å². The van der Waals surface area contributed by atoms with Crippen LogP contribution in [0.15, 0.2) is 48.5 Å². The first kappa shape index (κ1) is 15.9. The van der Waals surface area contributed by atoms with Gasteiger partial charge in [0.2, 0.25) is 5.91 Å².